The molecule has 72 valence electrons. The number of esters is 1. The molecule has 1 aromatic heterocycles. The summed E-state index contributed by atoms with van der Waals surface area (Å²) in [7, 11) is 0. The van der Waals surface area contributed by atoms with Gasteiger partial charge >= 0.3 is 5.97 Å². The van der Waals surface area contributed by atoms with E-state index in [0.29, 0.717) is 17.2 Å². The first-order chi connectivity index (χ1) is 6.07. The first kappa shape index (κ1) is 10.8. The van der Waals surface area contributed by atoms with Gasteiger partial charge in [0.25, 0.3) is 0 Å². The molecule has 2 N–H and O–H groups in total. The van der Waals surface area contributed by atoms with E-state index in [1.807, 2.05) is 6.92 Å². The predicted molar refractivity (Wildman–Crippen MR) is 62.1 cm³/mol. The van der Waals surface area contributed by atoms with Gasteiger partial charge in [0.1, 0.15) is 5.00 Å². The Labute approximate surface area is 94.4 Å². The van der Waals surface area contributed by atoms with Crippen LogP contribution in [0.15, 0.2) is 0 Å². The van der Waals surface area contributed by atoms with E-state index in [0.717, 1.165) is 8.45 Å². The quantitative estimate of drug-likeness (QED) is 0.674. The number of thiophene rings is 1. The van der Waals surface area contributed by atoms with Crippen LogP contribution in [0.2, 0.25) is 0 Å². The Morgan fingerprint density at radius 1 is 1.69 bits per heavy atom. The summed E-state index contributed by atoms with van der Waals surface area (Å²) in [6, 6.07) is 0. The van der Waals surface area contributed by atoms with E-state index in [1.165, 1.54) is 11.3 Å². The standard InChI is InChI=1S/C8H10INO2S/c1-3-12-8(11)5-4(2)6(9)13-7(5)10/h3,10H2,1-2H3. The molecule has 0 aliphatic carbocycles. The van der Waals surface area contributed by atoms with Crippen LogP contribution in [0.4, 0.5) is 5.00 Å². The average Bonchev–Trinajstić information content (AvgIpc) is 2.27. The number of anilines is 1. The number of ether oxygens (including phenoxy) is 1. The lowest BCUT2D eigenvalue weighted by molar-refractivity contribution is 0.0527. The van der Waals surface area contributed by atoms with Crippen molar-refractivity contribution in [2.24, 2.45) is 0 Å². The molecule has 0 bridgehead atoms. The second-order valence-corrected chi connectivity index (χ2v) is 5.32. The zero-order valence-corrected chi connectivity index (χ0v) is 10.4. The lowest BCUT2D eigenvalue weighted by Gasteiger charge is -2.01. The second-order valence-electron chi connectivity index (χ2n) is 2.46. The molecule has 0 spiro atoms. The largest absolute Gasteiger partial charge is 0.462 e. The lowest BCUT2D eigenvalue weighted by Crippen LogP contribution is -2.07. The van der Waals surface area contributed by atoms with Gasteiger partial charge in [-0.3, -0.25) is 0 Å². The maximum absolute atomic E-state index is 11.4. The van der Waals surface area contributed by atoms with Crippen molar-refractivity contribution in [3.05, 3.63) is 14.0 Å². The van der Waals surface area contributed by atoms with Crippen molar-refractivity contribution in [1.82, 2.24) is 0 Å². The Bertz CT molecular complexity index is 335. The van der Waals surface area contributed by atoms with E-state index in [9.17, 15) is 4.79 Å². The molecule has 0 saturated carbocycles. The van der Waals surface area contributed by atoms with Gasteiger partial charge in [0.2, 0.25) is 0 Å². The minimum Gasteiger partial charge on any atom is -0.462 e. The van der Waals surface area contributed by atoms with Crippen molar-refractivity contribution >= 4 is 44.9 Å². The van der Waals surface area contributed by atoms with Crippen molar-refractivity contribution in [2.75, 3.05) is 12.3 Å². The van der Waals surface area contributed by atoms with Crippen LogP contribution in [-0.2, 0) is 4.74 Å². The molecular formula is C8H10INO2S. The van der Waals surface area contributed by atoms with Crippen molar-refractivity contribution in [2.45, 2.75) is 13.8 Å². The average molecular weight is 311 g/mol. The summed E-state index contributed by atoms with van der Waals surface area (Å²) in [6.45, 7) is 4.03. The molecule has 1 rings (SSSR count). The molecule has 0 aliphatic heterocycles. The molecule has 5 heteroatoms. The molecule has 0 amide bonds. The summed E-state index contributed by atoms with van der Waals surface area (Å²) in [6.07, 6.45) is 0. The van der Waals surface area contributed by atoms with Gasteiger partial charge in [-0.2, -0.15) is 0 Å². The van der Waals surface area contributed by atoms with E-state index in [1.54, 1.807) is 6.92 Å². The van der Waals surface area contributed by atoms with Gasteiger partial charge in [0.15, 0.2) is 0 Å². The molecule has 0 fully saturated rings. The molecule has 0 atom stereocenters. The highest BCUT2D eigenvalue weighted by Gasteiger charge is 2.18. The van der Waals surface area contributed by atoms with Gasteiger partial charge in [-0.15, -0.1) is 11.3 Å². The molecule has 0 saturated heterocycles. The summed E-state index contributed by atoms with van der Waals surface area (Å²) >= 11 is 3.58. The fourth-order valence-corrected chi connectivity index (χ4v) is 2.73. The molecule has 1 heterocycles. The van der Waals surface area contributed by atoms with Crippen molar-refractivity contribution in [3.8, 4) is 0 Å². The first-order valence-electron chi connectivity index (χ1n) is 3.79. The van der Waals surface area contributed by atoms with Crippen molar-refractivity contribution in [1.29, 1.82) is 0 Å². The molecule has 13 heavy (non-hydrogen) atoms. The minimum absolute atomic E-state index is 0.323. The number of nitrogen functional groups attached to an aromatic ring is 1. The third-order valence-corrected chi connectivity index (χ3v) is 3.97. The number of nitrogens with two attached hydrogens (primary N) is 1. The monoisotopic (exact) mass is 311 g/mol. The molecule has 0 aromatic carbocycles. The third kappa shape index (κ3) is 2.14. The number of hydrogen-bond donors (Lipinski definition) is 1. The molecule has 0 aliphatic rings. The molecular weight excluding hydrogens is 301 g/mol. The highest BCUT2D eigenvalue weighted by Crippen LogP contribution is 2.31. The summed E-state index contributed by atoms with van der Waals surface area (Å²) in [5.74, 6) is -0.323. The Morgan fingerprint density at radius 3 is 2.69 bits per heavy atom. The van der Waals surface area contributed by atoms with Gasteiger partial charge in [0, 0.05) is 0 Å². The third-order valence-electron chi connectivity index (χ3n) is 1.60. The molecule has 1 aromatic rings. The number of rotatable bonds is 2. The second kappa shape index (κ2) is 4.28. The minimum atomic E-state index is -0.323. The van der Waals surface area contributed by atoms with E-state index < -0.39 is 0 Å². The lowest BCUT2D eigenvalue weighted by atomic mass is 10.2. The maximum atomic E-state index is 11.4. The fraction of sp³-hybridized carbons (Fsp3) is 0.375. The fourth-order valence-electron chi connectivity index (χ4n) is 0.964. The molecule has 0 unspecified atom stereocenters. The van der Waals surface area contributed by atoms with E-state index in [2.05, 4.69) is 22.6 Å². The summed E-state index contributed by atoms with van der Waals surface area (Å²) < 4.78 is 5.93. The van der Waals surface area contributed by atoms with Crippen molar-refractivity contribution in [3.63, 3.8) is 0 Å². The van der Waals surface area contributed by atoms with Crippen LogP contribution in [0.3, 0.4) is 0 Å². The van der Waals surface area contributed by atoms with Gasteiger partial charge in [-0.25, -0.2) is 4.79 Å². The van der Waals surface area contributed by atoms with E-state index >= 15 is 0 Å². The van der Waals surface area contributed by atoms with Crippen LogP contribution in [0.25, 0.3) is 0 Å². The number of hydrogen-bond acceptors (Lipinski definition) is 4. The van der Waals surface area contributed by atoms with E-state index in [-0.39, 0.29) is 5.97 Å². The SMILES string of the molecule is CCOC(=O)c1c(N)sc(I)c1C. The zero-order chi connectivity index (χ0) is 10.0. The number of halogens is 1. The van der Waals surface area contributed by atoms with Crippen LogP contribution in [0.5, 0.6) is 0 Å². The van der Waals surface area contributed by atoms with Gasteiger partial charge in [-0.05, 0) is 42.0 Å². The van der Waals surface area contributed by atoms with Crippen LogP contribution < -0.4 is 5.73 Å². The van der Waals surface area contributed by atoms with Gasteiger partial charge < -0.3 is 10.5 Å². The van der Waals surface area contributed by atoms with Gasteiger partial charge in [0.05, 0.1) is 15.1 Å². The Kier molecular flexibility index (Phi) is 3.55. The highest BCUT2D eigenvalue weighted by molar-refractivity contribution is 14.1. The van der Waals surface area contributed by atoms with Crippen molar-refractivity contribution < 1.29 is 9.53 Å². The van der Waals surface area contributed by atoms with Crippen LogP contribution in [0, 0.1) is 9.81 Å². The van der Waals surface area contributed by atoms with Crippen LogP contribution >= 0.6 is 33.9 Å². The Balaban J connectivity index is 3.06. The van der Waals surface area contributed by atoms with Crippen LogP contribution in [0.1, 0.15) is 22.8 Å². The number of carbonyl (C=O) groups excluding carboxylic acids is 1. The Morgan fingerprint density at radius 2 is 2.31 bits per heavy atom. The topological polar surface area (TPSA) is 52.3 Å². The van der Waals surface area contributed by atoms with Gasteiger partial charge in [-0.1, -0.05) is 0 Å². The zero-order valence-electron chi connectivity index (χ0n) is 7.39. The normalized spacial score (nSPS) is 10.1. The first-order valence-corrected chi connectivity index (χ1v) is 5.69. The maximum Gasteiger partial charge on any atom is 0.341 e. The van der Waals surface area contributed by atoms with Crippen LogP contribution in [-0.4, -0.2) is 12.6 Å². The number of carbonyl (C=O) groups is 1. The summed E-state index contributed by atoms with van der Waals surface area (Å²) in [5.41, 5.74) is 7.13. The molecule has 0 radical (unpaired) electrons. The predicted octanol–water partition coefficient (Wildman–Crippen LogP) is 2.42. The van der Waals surface area contributed by atoms with E-state index in [4.69, 9.17) is 10.5 Å². The Hall–Kier alpha value is -0.300. The summed E-state index contributed by atoms with van der Waals surface area (Å²) in [5, 5.41) is 0.542. The highest BCUT2D eigenvalue weighted by atomic mass is 127. The molecule has 3 nitrogen and oxygen atoms in total. The summed E-state index contributed by atoms with van der Waals surface area (Å²) in [4.78, 5) is 11.4. The smallest absolute Gasteiger partial charge is 0.341 e.